The van der Waals surface area contributed by atoms with Crippen LogP contribution in [0.5, 0.6) is 0 Å². The molecule has 1 amide bonds. The van der Waals surface area contributed by atoms with Crippen LogP contribution in [0.2, 0.25) is 5.02 Å². The number of fused-ring (bicyclic) bond motifs is 1. The second-order valence-corrected chi connectivity index (χ2v) is 8.60. The fourth-order valence-corrected chi connectivity index (χ4v) is 4.04. The van der Waals surface area contributed by atoms with Gasteiger partial charge in [0.05, 0.1) is 27.9 Å². The molecule has 0 saturated heterocycles. The van der Waals surface area contributed by atoms with Crippen molar-refractivity contribution in [3.63, 3.8) is 0 Å². The van der Waals surface area contributed by atoms with Gasteiger partial charge < -0.3 is 5.32 Å². The van der Waals surface area contributed by atoms with Crippen LogP contribution in [0.1, 0.15) is 37.0 Å². The maximum Gasteiger partial charge on any atom is 0.259 e. The number of amides is 1. The van der Waals surface area contributed by atoms with E-state index in [1.807, 2.05) is 41.1 Å². The summed E-state index contributed by atoms with van der Waals surface area (Å²) >= 11 is 7.81. The number of anilines is 1. The molecule has 3 heterocycles. The number of hydrogen-bond acceptors (Lipinski definition) is 5. The zero-order valence-electron chi connectivity index (χ0n) is 16.8. The molecule has 1 aromatic carbocycles. The third kappa shape index (κ3) is 4.37. The van der Waals surface area contributed by atoms with E-state index in [-0.39, 0.29) is 5.91 Å². The van der Waals surface area contributed by atoms with E-state index in [1.54, 1.807) is 11.6 Å². The van der Waals surface area contributed by atoms with Crippen LogP contribution in [0.4, 0.5) is 5.82 Å². The van der Waals surface area contributed by atoms with Crippen molar-refractivity contribution in [2.24, 2.45) is 5.92 Å². The second-order valence-electron chi connectivity index (χ2n) is 7.53. The fraction of sp³-hybridized carbons (Fsp3) is 0.273. The molecule has 0 aliphatic heterocycles. The highest BCUT2D eigenvalue weighted by Gasteiger charge is 2.19. The number of rotatable bonds is 7. The topological polar surface area (TPSA) is 72.7 Å². The number of pyridine rings is 1. The maximum absolute atomic E-state index is 12.6. The summed E-state index contributed by atoms with van der Waals surface area (Å²) in [4.78, 5) is 17.4. The number of benzene rings is 1. The summed E-state index contributed by atoms with van der Waals surface area (Å²) in [6.45, 7) is 5.12. The van der Waals surface area contributed by atoms with Gasteiger partial charge in [-0.1, -0.05) is 55.8 Å². The first-order valence-corrected chi connectivity index (χ1v) is 11.1. The first-order valence-electron chi connectivity index (χ1n) is 9.86. The third-order valence-corrected chi connectivity index (χ3v) is 5.68. The number of hydrogen-bond donors (Lipinski definition) is 1. The molecular weight excluding hydrogens is 418 g/mol. The van der Waals surface area contributed by atoms with Crippen molar-refractivity contribution in [2.45, 2.75) is 33.2 Å². The van der Waals surface area contributed by atoms with Gasteiger partial charge in [0.2, 0.25) is 0 Å². The lowest BCUT2D eigenvalue weighted by Gasteiger charge is -2.07. The molecule has 4 rings (SSSR count). The first kappa shape index (κ1) is 20.5. The smallest absolute Gasteiger partial charge is 0.259 e. The minimum atomic E-state index is -0.249. The second kappa shape index (κ2) is 8.93. The minimum Gasteiger partial charge on any atom is -0.304 e. The number of aromatic nitrogens is 4. The van der Waals surface area contributed by atoms with Crippen LogP contribution in [0.25, 0.3) is 22.3 Å². The summed E-state index contributed by atoms with van der Waals surface area (Å²) in [6.07, 6.45) is 3.60. The average molecular weight is 440 g/mol. The lowest BCUT2D eigenvalue weighted by molar-refractivity contribution is 0.102. The molecule has 8 heteroatoms. The largest absolute Gasteiger partial charge is 0.304 e. The Morgan fingerprint density at radius 2 is 2.07 bits per heavy atom. The molecule has 154 valence electrons. The molecule has 1 N–H and O–H groups in total. The SMILES string of the molecule is CC(C)CCCn1nc(NC(=O)c2cnsc2)c2cc(Cl)c(-c3ccccc3)nc21. The summed E-state index contributed by atoms with van der Waals surface area (Å²) < 4.78 is 5.85. The van der Waals surface area contributed by atoms with Crippen molar-refractivity contribution in [1.29, 1.82) is 0 Å². The van der Waals surface area contributed by atoms with Crippen LogP contribution < -0.4 is 5.32 Å². The lowest BCUT2D eigenvalue weighted by atomic mass is 10.1. The van der Waals surface area contributed by atoms with Gasteiger partial charge in [-0.15, -0.1) is 0 Å². The Kier molecular flexibility index (Phi) is 6.11. The molecule has 0 spiro atoms. The highest BCUT2D eigenvalue weighted by atomic mass is 35.5. The summed E-state index contributed by atoms with van der Waals surface area (Å²) in [5.41, 5.74) is 2.85. The lowest BCUT2D eigenvalue weighted by Crippen LogP contribution is -2.12. The van der Waals surface area contributed by atoms with E-state index in [2.05, 4.69) is 28.6 Å². The first-order chi connectivity index (χ1) is 14.5. The van der Waals surface area contributed by atoms with Crippen LogP contribution in [-0.2, 0) is 6.54 Å². The van der Waals surface area contributed by atoms with Gasteiger partial charge in [0.15, 0.2) is 11.5 Å². The number of halogens is 1. The molecule has 0 radical (unpaired) electrons. The maximum atomic E-state index is 12.6. The van der Waals surface area contributed by atoms with E-state index in [4.69, 9.17) is 16.6 Å². The molecule has 0 aliphatic rings. The van der Waals surface area contributed by atoms with Crippen LogP contribution in [0.3, 0.4) is 0 Å². The van der Waals surface area contributed by atoms with Gasteiger partial charge >= 0.3 is 0 Å². The molecule has 0 bridgehead atoms. The van der Waals surface area contributed by atoms with Gasteiger partial charge in [-0.3, -0.25) is 4.79 Å². The number of nitrogens with zero attached hydrogens (tertiary/aromatic N) is 4. The monoisotopic (exact) mass is 439 g/mol. The van der Waals surface area contributed by atoms with Crippen molar-refractivity contribution < 1.29 is 4.79 Å². The Hall–Kier alpha value is -2.77. The predicted molar refractivity (Wildman–Crippen MR) is 122 cm³/mol. The molecule has 0 aliphatic carbocycles. The van der Waals surface area contributed by atoms with E-state index in [9.17, 15) is 4.79 Å². The molecule has 3 aromatic heterocycles. The zero-order chi connectivity index (χ0) is 21.1. The Morgan fingerprint density at radius 1 is 1.27 bits per heavy atom. The Balaban J connectivity index is 1.75. The molecule has 30 heavy (non-hydrogen) atoms. The van der Waals surface area contributed by atoms with Crippen LogP contribution in [0, 0.1) is 5.92 Å². The minimum absolute atomic E-state index is 0.249. The highest BCUT2D eigenvalue weighted by molar-refractivity contribution is 7.03. The number of carbonyl (C=O) groups is 1. The standard InChI is InChI=1S/C22H22ClN5OS/c1-14(2)7-6-10-28-21-17(20(27-28)26-22(29)16-12-24-30-13-16)11-18(23)19(25-21)15-8-4-3-5-9-15/h3-5,8-9,11-14H,6-7,10H2,1-2H3,(H,26,27,29). The van der Waals surface area contributed by atoms with Crippen LogP contribution in [-0.4, -0.2) is 25.0 Å². The van der Waals surface area contributed by atoms with Crippen molar-refractivity contribution in [2.75, 3.05) is 5.32 Å². The van der Waals surface area contributed by atoms with Crippen molar-refractivity contribution >= 4 is 45.9 Å². The number of carbonyl (C=O) groups excluding carboxylic acids is 1. The number of aryl methyl sites for hydroxylation is 1. The fourth-order valence-electron chi connectivity index (χ4n) is 3.26. The van der Waals surface area contributed by atoms with E-state index in [0.717, 1.165) is 23.8 Å². The quantitative estimate of drug-likeness (QED) is 0.389. The number of nitrogens with one attached hydrogen (secondary N) is 1. The average Bonchev–Trinajstić information content (AvgIpc) is 3.37. The highest BCUT2D eigenvalue weighted by Crippen LogP contribution is 2.32. The van der Waals surface area contributed by atoms with Crippen LogP contribution in [0.15, 0.2) is 48.0 Å². The zero-order valence-corrected chi connectivity index (χ0v) is 18.4. The molecule has 4 aromatic rings. The van der Waals surface area contributed by atoms with Crippen molar-refractivity contribution in [3.05, 3.63) is 58.6 Å². The van der Waals surface area contributed by atoms with Gasteiger partial charge in [-0.2, -0.15) is 5.10 Å². The van der Waals surface area contributed by atoms with Crippen molar-refractivity contribution in [3.8, 4) is 11.3 Å². The molecule has 0 unspecified atom stereocenters. The molecular formula is C22H22ClN5OS. The van der Waals surface area contributed by atoms with Crippen molar-refractivity contribution in [1.82, 2.24) is 19.1 Å². The Labute approximate surface area is 184 Å². The van der Waals surface area contributed by atoms with Gasteiger partial charge in [0, 0.05) is 17.5 Å². The van der Waals surface area contributed by atoms with Gasteiger partial charge in [0.25, 0.3) is 5.91 Å². The Morgan fingerprint density at radius 3 is 2.77 bits per heavy atom. The van der Waals surface area contributed by atoms with Gasteiger partial charge in [-0.05, 0) is 36.4 Å². The Bertz CT molecular complexity index is 1160. The molecule has 0 saturated carbocycles. The van der Waals surface area contributed by atoms with E-state index >= 15 is 0 Å². The summed E-state index contributed by atoms with van der Waals surface area (Å²) in [7, 11) is 0. The van der Waals surface area contributed by atoms with E-state index < -0.39 is 0 Å². The molecule has 0 atom stereocenters. The normalized spacial score (nSPS) is 11.3. The van der Waals surface area contributed by atoms with E-state index in [0.29, 0.717) is 40.2 Å². The summed E-state index contributed by atoms with van der Waals surface area (Å²) in [6, 6.07) is 11.7. The third-order valence-electron chi connectivity index (χ3n) is 4.80. The molecule has 6 nitrogen and oxygen atoms in total. The van der Waals surface area contributed by atoms with Crippen LogP contribution >= 0.6 is 23.1 Å². The summed E-state index contributed by atoms with van der Waals surface area (Å²) in [5, 5.41) is 10.5. The van der Waals surface area contributed by atoms with Gasteiger partial charge in [-0.25, -0.2) is 14.0 Å². The molecule has 0 fully saturated rings. The predicted octanol–water partition coefficient (Wildman–Crippen LogP) is 5.90. The van der Waals surface area contributed by atoms with E-state index in [1.165, 1.54) is 11.5 Å². The van der Waals surface area contributed by atoms with Gasteiger partial charge in [0.1, 0.15) is 0 Å². The summed E-state index contributed by atoms with van der Waals surface area (Å²) in [5.74, 6) is 0.819.